The average molecular weight is 197 g/mol. The Labute approximate surface area is 78.6 Å². The summed E-state index contributed by atoms with van der Waals surface area (Å²) in [6.45, 7) is 5.28. The van der Waals surface area contributed by atoms with Crippen LogP contribution in [0.3, 0.4) is 0 Å². The van der Waals surface area contributed by atoms with Gasteiger partial charge in [0.1, 0.15) is 0 Å². The molecule has 1 N–H and O–H groups in total. The molecule has 0 saturated carbocycles. The molecule has 0 fully saturated rings. The maximum absolute atomic E-state index is 8.97. The first kappa shape index (κ1) is 12.2. The van der Waals surface area contributed by atoms with Crippen molar-refractivity contribution in [3.8, 4) is 0 Å². The van der Waals surface area contributed by atoms with Gasteiger partial charge in [0, 0.05) is 0 Å². The van der Waals surface area contributed by atoms with Gasteiger partial charge in [0.2, 0.25) is 0 Å². The molecular formula is C8H17ClO3. The molecule has 1 unspecified atom stereocenters. The van der Waals surface area contributed by atoms with Crippen molar-refractivity contribution in [1.82, 2.24) is 0 Å². The molecule has 0 saturated heterocycles. The minimum Gasteiger partial charge on any atom is -0.389 e. The number of aliphatic hydroxyl groups excluding tert-OH is 1. The van der Waals surface area contributed by atoms with E-state index < -0.39 is 6.10 Å². The van der Waals surface area contributed by atoms with Gasteiger partial charge in [-0.05, 0) is 13.8 Å². The van der Waals surface area contributed by atoms with Crippen LogP contribution >= 0.6 is 11.6 Å². The summed E-state index contributed by atoms with van der Waals surface area (Å²) in [5, 5.41) is 8.97. The second-order valence-electron chi connectivity index (χ2n) is 2.80. The maximum Gasteiger partial charge on any atom is 0.0908 e. The molecule has 0 aromatic rings. The quantitative estimate of drug-likeness (QED) is 0.488. The van der Waals surface area contributed by atoms with Gasteiger partial charge in [0.15, 0.2) is 0 Å². The molecule has 3 nitrogen and oxygen atoms in total. The summed E-state index contributed by atoms with van der Waals surface area (Å²) in [6, 6.07) is 0. The third-order valence-corrected chi connectivity index (χ3v) is 1.52. The summed E-state index contributed by atoms with van der Waals surface area (Å²) < 4.78 is 10.3. The lowest BCUT2D eigenvalue weighted by Gasteiger charge is -2.09. The number of alkyl halides is 1. The largest absolute Gasteiger partial charge is 0.389 e. The smallest absolute Gasteiger partial charge is 0.0908 e. The molecule has 74 valence electrons. The zero-order valence-electron chi connectivity index (χ0n) is 7.62. The first-order chi connectivity index (χ1) is 5.66. The molecule has 0 heterocycles. The fourth-order valence-electron chi connectivity index (χ4n) is 0.607. The minimum atomic E-state index is -0.564. The number of ether oxygens (including phenoxy) is 2. The normalized spacial score (nSPS) is 13.8. The van der Waals surface area contributed by atoms with Crippen molar-refractivity contribution < 1.29 is 14.6 Å². The van der Waals surface area contributed by atoms with Gasteiger partial charge in [0.25, 0.3) is 0 Å². The van der Waals surface area contributed by atoms with E-state index in [0.29, 0.717) is 13.2 Å². The zero-order chi connectivity index (χ0) is 9.40. The Balaban J connectivity index is 3.00. The van der Waals surface area contributed by atoms with Crippen LogP contribution in [0.25, 0.3) is 0 Å². The number of hydrogen-bond donors (Lipinski definition) is 1. The maximum atomic E-state index is 8.97. The molecule has 0 aromatic heterocycles. The molecule has 1 atom stereocenters. The van der Waals surface area contributed by atoms with Crippen LogP contribution in [0.4, 0.5) is 0 Å². The van der Waals surface area contributed by atoms with E-state index in [-0.39, 0.29) is 18.6 Å². The van der Waals surface area contributed by atoms with Gasteiger partial charge >= 0.3 is 0 Å². The van der Waals surface area contributed by atoms with E-state index in [1.807, 2.05) is 13.8 Å². The Hall–Kier alpha value is 0.170. The minimum absolute atomic E-state index is 0.213. The van der Waals surface area contributed by atoms with Crippen LogP contribution in [0.15, 0.2) is 0 Å². The Morgan fingerprint density at radius 1 is 1.33 bits per heavy atom. The standard InChI is InChI=1S/C8H17ClO3/c1-7(2)12-4-3-11-6-8(10)5-9/h7-8,10H,3-6H2,1-2H3. The molecule has 0 bridgehead atoms. The van der Waals surface area contributed by atoms with E-state index in [0.717, 1.165) is 0 Å². The summed E-state index contributed by atoms with van der Waals surface area (Å²) in [5.41, 5.74) is 0. The predicted molar refractivity (Wildman–Crippen MR) is 48.6 cm³/mol. The molecule has 0 aliphatic heterocycles. The van der Waals surface area contributed by atoms with Crippen LogP contribution in [-0.4, -0.2) is 43.0 Å². The van der Waals surface area contributed by atoms with Gasteiger partial charge in [0.05, 0.1) is 37.9 Å². The lowest BCUT2D eigenvalue weighted by molar-refractivity contribution is -0.00544. The summed E-state index contributed by atoms with van der Waals surface area (Å²) in [4.78, 5) is 0. The van der Waals surface area contributed by atoms with Crippen LogP contribution in [0, 0.1) is 0 Å². The second kappa shape index (κ2) is 7.80. The van der Waals surface area contributed by atoms with Crippen molar-refractivity contribution in [3.63, 3.8) is 0 Å². The molecule has 0 amide bonds. The summed E-state index contributed by atoms with van der Waals surface area (Å²) in [6.07, 6.45) is -0.336. The van der Waals surface area contributed by atoms with Crippen LogP contribution in [0.2, 0.25) is 0 Å². The molecule has 0 rings (SSSR count). The fourth-order valence-corrected chi connectivity index (χ4v) is 0.696. The topological polar surface area (TPSA) is 38.7 Å². The first-order valence-corrected chi connectivity index (χ1v) is 4.63. The van der Waals surface area contributed by atoms with Crippen LogP contribution in [-0.2, 0) is 9.47 Å². The molecule has 0 radical (unpaired) electrons. The predicted octanol–water partition coefficient (Wildman–Crippen LogP) is 1.03. The van der Waals surface area contributed by atoms with E-state index in [4.69, 9.17) is 26.2 Å². The van der Waals surface area contributed by atoms with Crippen LogP contribution in [0.5, 0.6) is 0 Å². The Morgan fingerprint density at radius 3 is 2.50 bits per heavy atom. The third-order valence-electron chi connectivity index (χ3n) is 1.17. The van der Waals surface area contributed by atoms with Gasteiger partial charge in [-0.25, -0.2) is 0 Å². The highest BCUT2D eigenvalue weighted by Gasteiger charge is 2.00. The van der Waals surface area contributed by atoms with E-state index in [1.165, 1.54) is 0 Å². The van der Waals surface area contributed by atoms with E-state index in [1.54, 1.807) is 0 Å². The lowest BCUT2D eigenvalue weighted by atomic mass is 10.4. The summed E-state index contributed by atoms with van der Waals surface area (Å²) >= 11 is 5.35. The van der Waals surface area contributed by atoms with Gasteiger partial charge in [-0.3, -0.25) is 0 Å². The Bertz CT molecular complexity index is 98.3. The molecule has 0 aliphatic carbocycles. The van der Waals surface area contributed by atoms with Crippen LogP contribution in [0.1, 0.15) is 13.8 Å². The molecule has 0 aromatic carbocycles. The summed E-state index contributed by atoms with van der Waals surface area (Å²) in [5.74, 6) is 0.213. The van der Waals surface area contributed by atoms with Gasteiger partial charge in [-0.2, -0.15) is 0 Å². The van der Waals surface area contributed by atoms with Crippen molar-refractivity contribution in [1.29, 1.82) is 0 Å². The van der Waals surface area contributed by atoms with Gasteiger partial charge < -0.3 is 14.6 Å². The third kappa shape index (κ3) is 8.27. The molecule has 0 spiro atoms. The SMILES string of the molecule is CC(C)OCCOCC(O)CCl. The molecule has 0 aliphatic rings. The number of hydrogen-bond acceptors (Lipinski definition) is 3. The van der Waals surface area contributed by atoms with Crippen LogP contribution < -0.4 is 0 Å². The van der Waals surface area contributed by atoms with E-state index >= 15 is 0 Å². The van der Waals surface area contributed by atoms with Crippen molar-refractivity contribution in [3.05, 3.63) is 0 Å². The van der Waals surface area contributed by atoms with Crippen molar-refractivity contribution in [2.24, 2.45) is 0 Å². The monoisotopic (exact) mass is 196 g/mol. The lowest BCUT2D eigenvalue weighted by Crippen LogP contribution is -2.19. The highest BCUT2D eigenvalue weighted by atomic mass is 35.5. The fraction of sp³-hybridized carbons (Fsp3) is 1.00. The van der Waals surface area contributed by atoms with Crippen molar-refractivity contribution in [2.45, 2.75) is 26.1 Å². The number of aliphatic hydroxyl groups is 1. The molecule has 12 heavy (non-hydrogen) atoms. The Morgan fingerprint density at radius 2 is 2.00 bits per heavy atom. The van der Waals surface area contributed by atoms with E-state index in [2.05, 4.69) is 0 Å². The van der Waals surface area contributed by atoms with Gasteiger partial charge in [-0.15, -0.1) is 11.6 Å². The Kier molecular flexibility index (Phi) is 7.91. The highest BCUT2D eigenvalue weighted by molar-refractivity contribution is 6.18. The number of rotatable bonds is 7. The molecular weight excluding hydrogens is 180 g/mol. The zero-order valence-corrected chi connectivity index (χ0v) is 8.38. The average Bonchev–Trinajstić information content (AvgIpc) is 2.03. The van der Waals surface area contributed by atoms with Crippen molar-refractivity contribution >= 4 is 11.6 Å². The molecule has 4 heteroatoms. The number of halogens is 1. The summed E-state index contributed by atoms with van der Waals surface area (Å²) in [7, 11) is 0. The van der Waals surface area contributed by atoms with Gasteiger partial charge in [-0.1, -0.05) is 0 Å². The highest BCUT2D eigenvalue weighted by Crippen LogP contribution is 1.90. The van der Waals surface area contributed by atoms with Crippen molar-refractivity contribution in [2.75, 3.05) is 25.7 Å². The second-order valence-corrected chi connectivity index (χ2v) is 3.11. The first-order valence-electron chi connectivity index (χ1n) is 4.10. The van der Waals surface area contributed by atoms with E-state index in [9.17, 15) is 0 Å².